The van der Waals surface area contributed by atoms with Gasteiger partial charge in [0.2, 0.25) is 0 Å². The van der Waals surface area contributed by atoms with E-state index in [2.05, 4.69) is 26.5 Å². The molecule has 0 bridgehead atoms. The highest BCUT2D eigenvalue weighted by molar-refractivity contribution is 9.10. The molecule has 2 rings (SSSR count). The summed E-state index contributed by atoms with van der Waals surface area (Å²) < 4.78 is 11.8. The lowest BCUT2D eigenvalue weighted by Gasteiger charge is -2.06. The number of rotatable bonds is 7. The molecule has 0 fully saturated rings. The summed E-state index contributed by atoms with van der Waals surface area (Å²) in [5, 5.41) is 3.92. The Balaban J connectivity index is 1.83. The number of amides is 1. The molecule has 0 atom stereocenters. The van der Waals surface area contributed by atoms with Crippen LogP contribution in [0.15, 0.2) is 58.1 Å². The number of carbonyl (C=O) groups is 1. The fourth-order valence-electron chi connectivity index (χ4n) is 1.76. The van der Waals surface area contributed by atoms with Crippen LogP contribution >= 0.6 is 15.9 Å². The Kier molecular flexibility index (Phi) is 6.62. The molecule has 0 saturated carbocycles. The van der Waals surface area contributed by atoms with Crippen molar-refractivity contribution < 1.29 is 14.3 Å². The number of hydrogen-bond donors (Lipinski definition) is 1. The van der Waals surface area contributed by atoms with Crippen LogP contribution in [0, 0.1) is 0 Å². The Bertz CT molecular complexity index is 672. The van der Waals surface area contributed by atoms with Gasteiger partial charge >= 0.3 is 0 Å². The maximum atomic E-state index is 11.7. The summed E-state index contributed by atoms with van der Waals surface area (Å²) in [6.07, 6.45) is 1.54. The second-order valence-electron chi connectivity index (χ2n) is 4.51. The van der Waals surface area contributed by atoms with Crippen molar-refractivity contribution in [1.82, 2.24) is 5.43 Å². The fraction of sp³-hybridized carbons (Fsp3) is 0.176. The van der Waals surface area contributed by atoms with Crippen LogP contribution in [0.5, 0.6) is 11.5 Å². The third-order valence-corrected chi connectivity index (χ3v) is 3.32. The Morgan fingerprint density at radius 1 is 1.17 bits per heavy atom. The first kappa shape index (κ1) is 17.0. The third kappa shape index (κ3) is 5.75. The van der Waals surface area contributed by atoms with Crippen LogP contribution < -0.4 is 14.9 Å². The predicted octanol–water partition coefficient (Wildman–Crippen LogP) is 3.38. The average Bonchev–Trinajstić information content (AvgIpc) is 2.56. The number of benzene rings is 2. The fourth-order valence-corrected chi connectivity index (χ4v) is 2.02. The van der Waals surface area contributed by atoms with Crippen molar-refractivity contribution in [3.8, 4) is 11.5 Å². The van der Waals surface area contributed by atoms with Gasteiger partial charge in [0.1, 0.15) is 11.5 Å². The summed E-state index contributed by atoms with van der Waals surface area (Å²) in [5.74, 6) is 1.01. The van der Waals surface area contributed by atoms with Gasteiger partial charge in [-0.25, -0.2) is 5.43 Å². The average molecular weight is 377 g/mol. The third-order valence-electron chi connectivity index (χ3n) is 2.80. The van der Waals surface area contributed by atoms with E-state index in [1.165, 1.54) is 0 Å². The van der Waals surface area contributed by atoms with E-state index < -0.39 is 0 Å². The smallest absolute Gasteiger partial charge is 0.277 e. The number of hydrazone groups is 1. The minimum absolute atomic E-state index is 0.105. The summed E-state index contributed by atoms with van der Waals surface area (Å²) in [7, 11) is 0. The summed E-state index contributed by atoms with van der Waals surface area (Å²) in [6, 6.07) is 14.7. The highest BCUT2D eigenvalue weighted by Gasteiger charge is 2.02. The quantitative estimate of drug-likeness (QED) is 0.595. The van der Waals surface area contributed by atoms with E-state index in [1.807, 2.05) is 43.3 Å². The molecule has 5 nitrogen and oxygen atoms in total. The molecule has 0 radical (unpaired) electrons. The molecule has 2 aromatic rings. The highest BCUT2D eigenvalue weighted by Crippen LogP contribution is 2.16. The van der Waals surface area contributed by atoms with Crippen LogP contribution in [0.2, 0.25) is 0 Å². The first-order valence-corrected chi connectivity index (χ1v) is 7.90. The van der Waals surface area contributed by atoms with Gasteiger partial charge in [0.25, 0.3) is 5.91 Å². The molecule has 0 heterocycles. The maximum absolute atomic E-state index is 11.7. The first-order chi connectivity index (χ1) is 11.2. The van der Waals surface area contributed by atoms with Crippen LogP contribution in [0.3, 0.4) is 0 Å². The van der Waals surface area contributed by atoms with Gasteiger partial charge in [0, 0.05) is 10.0 Å². The van der Waals surface area contributed by atoms with Crippen molar-refractivity contribution in [2.24, 2.45) is 5.10 Å². The molecule has 0 saturated heterocycles. The van der Waals surface area contributed by atoms with E-state index in [0.717, 1.165) is 15.8 Å². The summed E-state index contributed by atoms with van der Waals surface area (Å²) in [4.78, 5) is 11.7. The molecule has 0 aromatic heterocycles. The summed E-state index contributed by atoms with van der Waals surface area (Å²) >= 11 is 3.33. The number of carbonyl (C=O) groups excluding carboxylic acids is 1. The SMILES string of the molecule is CCOc1ccccc1C=NNC(=O)COc1ccc(Br)cc1. The monoisotopic (exact) mass is 376 g/mol. The summed E-state index contributed by atoms with van der Waals surface area (Å²) in [6.45, 7) is 2.37. The molecule has 1 N–H and O–H groups in total. The van der Waals surface area contributed by atoms with Crippen LogP contribution in [0.25, 0.3) is 0 Å². The molecule has 0 unspecified atom stereocenters. The van der Waals surface area contributed by atoms with E-state index >= 15 is 0 Å². The number of nitrogens with zero attached hydrogens (tertiary/aromatic N) is 1. The molecule has 0 aliphatic rings. The maximum Gasteiger partial charge on any atom is 0.277 e. The topological polar surface area (TPSA) is 59.9 Å². The Labute approximate surface area is 143 Å². The van der Waals surface area contributed by atoms with E-state index in [1.54, 1.807) is 18.3 Å². The van der Waals surface area contributed by atoms with Crippen molar-refractivity contribution in [2.45, 2.75) is 6.92 Å². The zero-order valence-corrected chi connectivity index (χ0v) is 14.2. The van der Waals surface area contributed by atoms with Crippen LogP contribution in [-0.2, 0) is 4.79 Å². The molecule has 0 spiro atoms. The molecule has 2 aromatic carbocycles. The standard InChI is InChI=1S/C17H17BrN2O3/c1-2-22-16-6-4-3-5-13(16)11-19-20-17(21)12-23-15-9-7-14(18)8-10-15/h3-11H,2,12H2,1H3,(H,20,21). The molecule has 23 heavy (non-hydrogen) atoms. The highest BCUT2D eigenvalue weighted by atomic mass is 79.9. The van der Waals surface area contributed by atoms with E-state index in [4.69, 9.17) is 9.47 Å². The number of ether oxygens (including phenoxy) is 2. The van der Waals surface area contributed by atoms with Gasteiger partial charge in [-0.3, -0.25) is 4.79 Å². The van der Waals surface area contributed by atoms with Gasteiger partial charge in [-0.05, 0) is 43.3 Å². The van der Waals surface area contributed by atoms with Gasteiger partial charge in [0.05, 0.1) is 12.8 Å². The Morgan fingerprint density at radius 2 is 1.91 bits per heavy atom. The van der Waals surface area contributed by atoms with Crippen LogP contribution in [0.1, 0.15) is 12.5 Å². The molecule has 0 aliphatic heterocycles. The van der Waals surface area contributed by atoms with E-state index in [-0.39, 0.29) is 12.5 Å². The Hall–Kier alpha value is -2.34. The molecular weight excluding hydrogens is 360 g/mol. The van der Waals surface area contributed by atoms with Crippen molar-refractivity contribution in [2.75, 3.05) is 13.2 Å². The van der Waals surface area contributed by atoms with E-state index in [0.29, 0.717) is 12.4 Å². The lowest BCUT2D eigenvalue weighted by Crippen LogP contribution is -2.24. The van der Waals surface area contributed by atoms with E-state index in [9.17, 15) is 4.79 Å². The largest absolute Gasteiger partial charge is 0.493 e. The van der Waals surface area contributed by atoms with Crippen LogP contribution in [0.4, 0.5) is 0 Å². The zero-order chi connectivity index (χ0) is 16.5. The number of para-hydroxylation sites is 1. The summed E-state index contributed by atoms with van der Waals surface area (Å²) in [5.41, 5.74) is 3.22. The van der Waals surface area contributed by atoms with Gasteiger partial charge in [0.15, 0.2) is 6.61 Å². The molecular formula is C17H17BrN2O3. The van der Waals surface area contributed by atoms with Gasteiger partial charge < -0.3 is 9.47 Å². The lowest BCUT2D eigenvalue weighted by atomic mass is 10.2. The predicted molar refractivity (Wildman–Crippen MR) is 93.0 cm³/mol. The van der Waals surface area contributed by atoms with Crippen molar-refractivity contribution in [1.29, 1.82) is 0 Å². The van der Waals surface area contributed by atoms with Crippen LogP contribution in [-0.4, -0.2) is 25.3 Å². The molecule has 0 aliphatic carbocycles. The second-order valence-corrected chi connectivity index (χ2v) is 5.42. The van der Waals surface area contributed by atoms with Gasteiger partial charge in [-0.15, -0.1) is 0 Å². The van der Waals surface area contributed by atoms with Crippen molar-refractivity contribution >= 4 is 28.1 Å². The lowest BCUT2D eigenvalue weighted by molar-refractivity contribution is -0.123. The normalized spacial score (nSPS) is 10.5. The molecule has 6 heteroatoms. The number of halogens is 1. The minimum atomic E-state index is -0.335. The van der Waals surface area contributed by atoms with Crippen molar-refractivity contribution in [3.63, 3.8) is 0 Å². The van der Waals surface area contributed by atoms with Gasteiger partial charge in [-0.2, -0.15) is 5.10 Å². The molecule has 120 valence electrons. The minimum Gasteiger partial charge on any atom is -0.493 e. The van der Waals surface area contributed by atoms with Crippen molar-refractivity contribution in [3.05, 3.63) is 58.6 Å². The zero-order valence-electron chi connectivity index (χ0n) is 12.7. The molecule has 1 amide bonds. The Morgan fingerprint density at radius 3 is 2.65 bits per heavy atom. The second kappa shape index (κ2) is 8.95. The van der Waals surface area contributed by atoms with Gasteiger partial charge in [-0.1, -0.05) is 28.1 Å². The number of nitrogens with one attached hydrogen (secondary N) is 1. The number of hydrogen-bond acceptors (Lipinski definition) is 4. The first-order valence-electron chi connectivity index (χ1n) is 7.11.